The monoisotopic (exact) mass is 302 g/mol. The zero-order chi connectivity index (χ0) is 15.4. The van der Waals surface area contributed by atoms with Crippen molar-refractivity contribution in [2.45, 2.75) is 31.6 Å². The molecule has 0 N–H and O–H groups in total. The van der Waals surface area contributed by atoms with Gasteiger partial charge in [0.15, 0.2) is 0 Å². The number of benzene rings is 1. The van der Waals surface area contributed by atoms with E-state index in [1.165, 1.54) is 18.4 Å². The third-order valence-corrected chi connectivity index (χ3v) is 4.99. The Morgan fingerprint density at radius 1 is 1.09 bits per heavy atom. The van der Waals surface area contributed by atoms with Gasteiger partial charge in [-0.15, -0.1) is 0 Å². The number of rotatable bonds is 4. The number of amides is 1. The molecule has 0 saturated carbocycles. The second-order valence-electron chi connectivity index (χ2n) is 6.41. The second-order valence-corrected chi connectivity index (χ2v) is 6.41. The Kier molecular flexibility index (Phi) is 4.98. The Hall–Kier alpha value is -1.55. The minimum Gasteiger partial charge on any atom is -0.497 e. The normalized spacial score (nSPS) is 20.3. The molecule has 0 unspecified atom stereocenters. The van der Waals surface area contributed by atoms with Gasteiger partial charge in [0.1, 0.15) is 5.75 Å². The molecule has 2 saturated heterocycles. The van der Waals surface area contributed by atoms with Gasteiger partial charge in [0.05, 0.1) is 13.7 Å². The van der Waals surface area contributed by atoms with Crippen LogP contribution < -0.4 is 4.74 Å². The highest BCUT2D eigenvalue weighted by molar-refractivity contribution is 5.78. The molecule has 2 fully saturated rings. The van der Waals surface area contributed by atoms with Gasteiger partial charge in [0, 0.05) is 13.1 Å². The minimum absolute atomic E-state index is 0.320. The smallest absolute Gasteiger partial charge is 0.236 e. The molecule has 2 heterocycles. The highest BCUT2D eigenvalue weighted by Gasteiger charge is 2.24. The van der Waals surface area contributed by atoms with Crippen molar-refractivity contribution >= 4 is 5.91 Å². The summed E-state index contributed by atoms with van der Waals surface area (Å²) in [6.07, 6.45) is 4.62. The lowest BCUT2D eigenvalue weighted by Gasteiger charge is -2.32. The largest absolute Gasteiger partial charge is 0.497 e. The Morgan fingerprint density at radius 2 is 1.73 bits per heavy atom. The first-order valence-electron chi connectivity index (χ1n) is 8.40. The molecule has 22 heavy (non-hydrogen) atoms. The quantitative estimate of drug-likeness (QED) is 0.856. The topological polar surface area (TPSA) is 32.8 Å². The van der Waals surface area contributed by atoms with E-state index in [1.807, 2.05) is 17.0 Å². The van der Waals surface area contributed by atoms with Crippen LogP contribution in [0.2, 0.25) is 0 Å². The van der Waals surface area contributed by atoms with Gasteiger partial charge in [0.25, 0.3) is 0 Å². The molecule has 0 aliphatic carbocycles. The number of hydrogen-bond donors (Lipinski definition) is 0. The molecule has 0 radical (unpaired) electrons. The molecule has 4 heteroatoms. The first-order chi connectivity index (χ1) is 10.8. The fourth-order valence-electron chi connectivity index (χ4n) is 3.56. The van der Waals surface area contributed by atoms with Crippen molar-refractivity contribution in [2.24, 2.45) is 0 Å². The summed E-state index contributed by atoms with van der Waals surface area (Å²) in [7, 11) is 1.70. The maximum atomic E-state index is 12.2. The molecule has 0 atom stereocenters. The summed E-state index contributed by atoms with van der Waals surface area (Å²) in [5, 5.41) is 0. The lowest BCUT2D eigenvalue weighted by Crippen LogP contribution is -2.42. The lowest BCUT2D eigenvalue weighted by molar-refractivity contribution is -0.131. The van der Waals surface area contributed by atoms with Crippen molar-refractivity contribution in [1.82, 2.24) is 9.80 Å². The van der Waals surface area contributed by atoms with E-state index in [0.29, 0.717) is 18.4 Å². The summed E-state index contributed by atoms with van der Waals surface area (Å²) in [5.41, 5.74) is 1.39. The van der Waals surface area contributed by atoms with E-state index in [1.54, 1.807) is 7.11 Å². The Bertz CT molecular complexity index is 486. The predicted octanol–water partition coefficient (Wildman–Crippen LogP) is 2.50. The first kappa shape index (κ1) is 15.3. The van der Waals surface area contributed by atoms with E-state index < -0.39 is 0 Å². The molecular weight excluding hydrogens is 276 g/mol. The van der Waals surface area contributed by atoms with Gasteiger partial charge in [-0.25, -0.2) is 0 Å². The summed E-state index contributed by atoms with van der Waals surface area (Å²) < 4.78 is 5.22. The molecule has 120 valence electrons. The molecule has 2 aliphatic rings. The van der Waals surface area contributed by atoms with Crippen LogP contribution in [0.4, 0.5) is 0 Å². The van der Waals surface area contributed by atoms with Crippen molar-refractivity contribution in [3.05, 3.63) is 29.8 Å². The number of likely N-dealkylation sites (tertiary alicyclic amines) is 2. The van der Waals surface area contributed by atoms with Gasteiger partial charge in [-0.2, -0.15) is 0 Å². The Morgan fingerprint density at radius 3 is 2.32 bits per heavy atom. The van der Waals surface area contributed by atoms with Crippen molar-refractivity contribution in [2.75, 3.05) is 39.8 Å². The number of hydrogen-bond acceptors (Lipinski definition) is 3. The molecule has 0 aromatic heterocycles. The fraction of sp³-hybridized carbons (Fsp3) is 0.611. The third kappa shape index (κ3) is 3.61. The molecule has 2 aliphatic heterocycles. The van der Waals surface area contributed by atoms with Crippen LogP contribution in [0.15, 0.2) is 24.3 Å². The van der Waals surface area contributed by atoms with E-state index >= 15 is 0 Å². The third-order valence-electron chi connectivity index (χ3n) is 4.99. The van der Waals surface area contributed by atoms with Gasteiger partial charge in [-0.1, -0.05) is 12.1 Å². The van der Waals surface area contributed by atoms with Crippen LogP contribution >= 0.6 is 0 Å². The zero-order valence-electron chi connectivity index (χ0n) is 13.5. The second kappa shape index (κ2) is 7.14. The summed E-state index contributed by atoms with van der Waals surface area (Å²) in [4.78, 5) is 16.5. The van der Waals surface area contributed by atoms with Crippen LogP contribution in [0.25, 0.3) is 0 Å². The van der Waals surface area contributed by atoms with Crippen LogP contribution in [0.1, 0.15) is 37.2 Å². The van der Waals surface area contributed by atoms with E-state index in [4.69, 9.17) is 4.74 Å². The number of piperidine rings is 1. The average Bonchev–Trinajstić information content (AvgIpc) is 3.10. The molecule has 1 amide bonds. The van der Waals surface area contributed by atoms with Crippen LogP contribution in [-0.2, 0) is 4.79 Å². The van der Waals surface area contributed by atoms with Gasteiger partial charge < -0.3 is 9.64 Å². The minimum atomic E-state index is 0.320. The molecule has 1 aromatic rings. The van der Waals surface area contributed by atoms with Crippen molar-refractivity contribution in [1.29, 1.82) is 0 Å². The van der Waals surface area contributed by atoms with E-state index in [9.17, 15) is 4.79 Å². The van der Waals surface area contributed by atoms with Crippen LogP contribution in [0, 0.1) is 0 Å². The van der Waals surface area contributed by atoms with Gasteiger partial charge >= 0.3 is 0 Å². The van der Waals surface area contributed by atoms with Crippen LogP contribution in [0.3, 0.4) is 0 Å². The molecule has 4 nitrogen and oxygen atoms in total. The summed E-state index contributed by atoms with van der Waals surface area (Å²) in [6, 6.07) is 8.43. The number of methoxy groups -OCH3 is 1. The zero-order valence-corrected chi connectivity index (χ0v) is 13.5. The van der Waals surface area contributed by atoms with Crippen molar-refractivity contribution < 1.29 is 9.53 Å². The molecule has 1 aromatic carbocycles. The van der Waals surface area contributed by atoms with Crippen molar-refractivity contribution in [3.8, 4) is 5.75 Å². The summed E-state index contributed by atoms with van der Waals surface area (Å²) >= 11 is 0. The standard InChI is InChI=1S/C18H26N2O2/c1-22-17-6-4-15(5-7-17)16-8-12-19(13-9-16)14-18(21)20-10-2-3-11-20/h4-7,16H,2-3,8-14H2,1H3. The first-order valence-corrected chi connectivity index (χ1v) is 8.40. The molecular formula is C18H26N2O2. The number of ether oxygens (including phenoxy) is 1. The Balaban J connectivity index is 1.48. The number of carbonyl (C=O) groups is 1. The SMILES string of the molecule is COc1ccc(C2CCN(CC(=O)N3CCCC3)CC2)cc1. The molecule has 0 bridgehead atoms. The van der Waals surface area contributed by atoms with E-state index in [0.717, 1.165) is 44.8 Å². The van der Waals surface area contributed by atoms with Gasteiger partial charge in [-0.3, -0.25) is 9.69 Å². The maximum Gasteiger partial charge on any atom is 0.236 e. The lowest BCUT2D eigenvalue weighted by atomic mass is 9.89. The highest BCUT2D eigenvalue weighted by Crippen LogP contribution is 2.29. The molecule has 3 rings (SSSR count). The number of carbonyl (C=O) groups excluding carboxylic acids is 1. The van der Waals surface area contributed by atoms with Crippen LogP contribution in [-0.4, -0.2) is 55.5 Å². The number of nitrogens with zero attached hydrogens (tertiary/aromatic N) is 2. The van der Waals surface area contributed by atoms with Crippen molar-refractivity contribution in [3.63, 3.8) is 0 Å². The summed E-state index contributed by atoms with van der Waals surface area (Å²) in [6.45, 7) is 4.57. The molecule has 0 spiro atoms. The highest BCUT2D eigenvalue weighted by atomic mass is 16.5. The average molecular weight is 302 g/mol. The van der Waals surface area contributed by atoms with Gasteiger partial charge in [0.2, 0.25) is 5.91 Å². The van der Waals surface area contributed by atoms with E-state index in [-0.39, 0.29) is 0 Å². The van der Waals surface area contributed by atoms with E-state index in [2.05, 4.69) is 17.0 Å². The predicted molar refractivity (Wildman–Crippen MR) is 87.2 cm³/mol. The summed E-state index contributed by atoms with van der Waals surface area (Å²) in [5.74, 6) is 1.85. The fourth-order valence-corrected chi connectivity index (χ4v) is 3.56. The van der Waals surface area contributed by atoms with Gasteiger partial charge in [-0.05, 0) is 62.4 Å². The maximum absolute atomic E-state index is 12.2. The van der Waals surface area contributed by atoms with Crippen LogP contribution in [0.5, 0.6) is 5.75 Å². The Labute approximate surface area is 133 Å².